The third kappa shape index (κ3) is 3.56. The summed E-state index contributed by atoms with van der Waals surface area (Å²) in [6.07, 6.45) is 3.53. The molecule has 0 aliphatic rings. The summed E-state index contributed by atoms with van der Waals surface area (Å²) in [6, 6.07) is 5.98. The van der Waals surface area contributed by atoms with Crippen molar-refractivity contribution in [3.63, 3.8) is 0 Å². The van der Waals surface area contributed by atoms with Gasteiger partial charge in [0.2, 0.25) is 0 Å². The maximum atomic E-state index is 5.61. The van der Waals surface area contributed by atoms with Gasteiger partial charge < -0.3 is 10.1 Å². The van der Waals surface area contributed by atoms with E-state index in [2.05, 4.69) is 22.3 Å². The molecular weight excluding hydrogens is 228 g/mol. The van der Waals surface area contributed by atoms with Gasteiger partial charge in [-0.2, -0.15) is 5.10 Å². The molecule has 0 radical (unpaired) electrons. The van der Waals surface area contributed by atoms with E-state index in [-0.39, 0.29) is 0 Å². The Kier molecular flexibility index (Phi) is 4.30. The molecule has 0 saturated carbocycles. The molecule has 0 atom stereocenters. The fourth-order valence-corrected chi connectivity index (χ4v) is 1.59. The minimum absolute atomic E-state index is 0.464. The summed E-state index contributed by atoms with van der Waals surface area (Å²) in [5.41, 5.74) is 1.96. The highest BCUT2D eigenvalue weighted by molar-refractivity contribution is 5.14. The molecule has 96 valence electrons. The van der Waals surface area contributed by atoms with Crippen LogP contribution >= 0.6 is 0 Å². The molecule has 0 aliphatic heterocycles. The third-order valence-electron chi connectivity index (χ3n) is 2.49. The van der Waals surface area contributed by atoms with E-state index < -0.39 is 0 Å². The number of aromatic nitrogens is 3. The Morgan fingerprint density at radius 1 is 1.33 bits per heavy atom. The first-order valence-corrected chi connectivity index (χ1v) is 6.05. The quantitative estimate of drug-likeness (QED) is 0.839. The second kappa shape index (κ2) is 6.16. The second-order valence-electron chi connectivity index (χ2n) is 4.04. The highest BCUT2D eigenvalue weighted by Crippen LogP contribution is 2.09. The van der Waals surface area contributed by atoms with Gasteiger partial charge in [-0.3, -0.25) is 9.67 Å². The predicted octanol–water partition coefficient (Wildman–Crippen LogP) is 1.50. The summed E-state index contributed by atoms with van der Waals surface area (Å²) >= 11 is 0. The van der Waals surface area contributed by atoms with E-state index in [9.17, 15) is 0 Å². The Hall–Kier alpha value is -1.88. The molecular formula is C13H18N4O. The third-order valence-corrected chi connectivity index (χ3v) is 2.49. The van der Waals surface area contributed by atoms with Crippen molar-refractivity contribution < 1.29 is 4.74 Å². The van der Waals surface area contributed by atoms with Crippen molar-refractivity contribution in [1.82, 2.24) is 20.1 Å². The Morgan fingerprint density at radius 2 is 2.17 bits per heavy atom. The van der Waals surface area contributed by atoms with Crippen molar-refractivity contribution in [2.24, 2.45) is 7.05 Å². The number of nitrogens with one attached hydrogen (secondary N) is 1. The number of nitrogens with zero attached hydrogens (tertiary/aromatic N) is 3. The van der Waals surface area contributed by atoms with Crippen LogP contribution in [0.4, 0.5) is 0 Å². The molecule has 0 spiro atoms. The topological polar surface area (TPSA) is 52.0 Å². The molecule has 5 nitrogen and oxygen atoms in total. The van der Waals surface area contributed by atoms with Crippen LogP contribution in [0.5, 0.6) is 5.75 Å². The Morgan fingerprint density at radius 3 is 2.89 bits per heavy atom. The number of hydrogen-bond donors (Lipinski definition) is 1. The lowest BCUT2D eigenvalue weighted by atomic mass is 10.3. The summed E-state index contributed by atoms with van der Waals surface area (Å²) in [4.78, 5) is 4.52. The lowest BCUT2D eigenvalue weighted by molar-refractivity contribution is 0.300. The maximum Gasteiger partial charge on any atom is 0.157 e. The van der Waals surface area contributed by atoms with Gasteiger partial charge in [-0.1, -0.05) is 13.0 Å². The van der Waals surface area contributed by atoms with Gasteiger partial charge in [0.15, 0.2) is 5.75 Å². The second-order valence-corrected chi connectivity index (χ2v) is 4.04. The summed E-state index contributed by atoms with van der Waals surface area (Å²) in [5.74, 6) is 0.761. The first-order chi connectivity index (χ1) is 8.78. The Bertz CT molecular complexity index is 495. The molecule has 2 heterocycles. The minimum Gasteiger partial charge on any atom is -0.484 e. The number of hydrogen-bond acceptors (Lipinski definition) is 4. The van der Waals surface area contributed by atoms with Gasteiger partial charge in [-0.15, -0.1) is 0 Å². The van der Waals surface area contributed by atoms with Gasteiger partial charge in [-0.25, -0.2) is 0 Å². The molecule has 0 amide bonds. The van der Waals surface area contributed by atoms with Gasteiger partial charge in [0.25, 0.3) is 0 Å². The van der Waals surface area contributed by atoms with Crippen molar-refractivity contribution in [2.75, 3.05) is 6.54 Å². The molecule has 0 fully saturated rings. The minimum atomic E-state index is 0.464. The fourth-order valence-electron chi connectivity index (χ4n) is 1.59. The molecule has 0 aromatic carbocycles. The molecule has 18 heavy (non-hydrogen) atoms. The maximum absolute atomic E-state index is 5.61. The van der Waals surface area contributed by atoms with Crippen molar-refractivity contribution in [3.8, 4) is 5.75 Å². The van der Waals surface area contributed by atoms with E-state index in [0.717, 1.165) is 30.2 Å². The van der Waals surface area contributed by atoms with Gasteiger partial charge in [0.1, 0.15) is 6.61 Å². The first kappa shape index (κ1) is 12.6. The van der Waals surface area contributed by atoms with E-state index in [4.69, 9.17) is 4.74 Å². The highest BCUT2D eigenvalue weighted by Gasteiger charge is 2.00. The SMILES string of the molecule is CCNCc1cccc(COc2cnn(C)c2)n1. The van der Waals surface area contributed by atoms with Crippen molar-refractivity contribution in [1.29, 1.82) is 0 Å². The van der Waals surface area contributed by atoms with Crippen LogP contribution < -0.4 is 10.1 Å². The van der Waals surface area contributed by atoms with Gasteiger partial charge in [-0.05, 0) is 18.7 Å². The van der Waals surface area contributed by atoms with Crippen molar-refractivity contribution >= 4 is 0 Å². The van der Waals surface area contributed by atoms with E-state index in [1.165, 1.54) is 0 Å². The summed E-state index contributed by atoms with van der Waals surface area (Å²) in [6.45, 7) is 4.27. The largest absolute Gasteiger partial charge is 0.484 e. The van der Waals surface area contributed by atoms with E-state index in [0.29, 0.717) is 6.61 Å². The van der Waals surface area contributed by atoms with Crippen LogP contribution in [0.3, 0.4) is 0 Å². The molecule has 0 bridgehead atoms. The van der Waals surface area contributed by atoms with Gasteiger partial charge in [0, 0.05) is 13.6 Å². The van der Waals surface area contributed by atoms with E-state index in [1.807, 2.05) is 31.4 Å². The lowest BCUT2D eigenvalue weighted by Gasteiger charge is -2.05. The molecule has 1 N–H and O–H groups in total. The molecule has 2 aromatic rings. The average Bonchev–Trinajstić information content (AvgIpc) is 2.80. The standard InChI is InChI=1S/C13H18N4O/c1-3-14-7-11-5-4-6-12(16-11)10-18-13-8-15-17(2)9-13/h4-6,8-9,14H,3,7,10H2,1-2H3. The Labute approximate surface area is 107 Å². The molecule has 0 unspecified atom stereocenters. The smallest absolute Gasteiger partial charge is 0.157 e. The van der Waals surface area contributed by atoms with Crippen LogP contribution in [0, 0.1) is 0 Å². The number of pyridine rings is 1. The van der Waals surface area contributed by atoms with Gasteiger partial charge in [0.05, 0.1) is 23.8 Å². The van der Waals surface area contributed by atoms with Crippen LogP contribution in [0.1, 0.15) is 18.3 Å². The first-order valence-electron chi connectivity index (χ1n) is 6.05. The fraction of sp³-hybridized carbons (Fsp3) is 0.385. The Balaban J connectivity index is 1.92. The predicted molar refractivity (Wildman–Crippen MR) is 69.2 cm³/mol. The number of ether oxygens (including phenoxy) is 1. The molecule has 0 aliphatic carbocycles. The van der Waals surface area contributed by atoms with Crippen molar-refractivity contribution in [2.45, 2.75) is 20.1 Å². The monoisotopic (exact) mass is 246 g/mol. The van der Waals surface area contributed by atoms with Crippen molar-refractivity contribution in [3.05, 3.63) is 42.0 Å². The summed E-state index contributed by atoms with van der Waals surface area (Å²) < 4.78 is 7.32. The molecule has 0 saturated heterocycles. The van der Waals surface area contributed by atoms with E-state index >= 15 is 0 Å². The lowest BCUT2D eigenvalue weighted by Crippen LogP contribution is -2.13. The molecule has 2 aromatic heterocycles. The zero-order valence-electron chi connectivity index (χ0n) is 10.8. The zero-order chi connectivity index (χ0) is 12.8. The summed E-state index contributed by atoms with van der Waals surface area (Å²) in [7, 11) is 1.86. The normalized spacial score (nSPS) is 10.6. The zero-order valence-corrected chi connectivity index (χ0v) is 10.8. The molecule has 2 rings (SSSR count). The van der Waals surface area contributed by atoms with Crippen LogP contribution in [-0.4, -0.2) is 21.3 Å². The number of aryl methyl sites for hydroxylation is 1. The summed E-state index contributed by atoms with van der Waals surface area (Å²) in [5, 5.41) is 7.30. The van der Waals surface area contributed by atoms with Gasteiger partial charge >= 0.3 is 0 Å². The highest BCUT2D eigenvalue weighted by atomic mass is 16.5. The number of rotatable bonds is 6. The molecule has 5 heteroatoms. The van der Waals surface area contributed by atoms with Crippen LogP contribution in [0.15, 0.2) is 30.6 Å². The average molecular weight is 246 g/mol. The van der Waals surface area contributed by atoms with Crippen LogP contribution in [0.2, 0.25) is 0 Å². The van der Waals surface area contributed by atoms with Crippen LogP contribution in [-0.2, 0) is 20.2 Å². The van der Waals surface area contributed by atoms with Crippen LogP contribution in [0.25, 0.3) is 0 Å². The van der Waals surface area contributed by atoms with E-state index in [1.54, 1.807) is 10.9 Å².